The first kappa shape index (κ1) is 13.1. The normalized spacial score (nSPS) is 9.94. The zero-order chi connectivity index (χ0) is 12.7. The molecule has 17 heavy (non-hydrogen) atoms. The van der Waals surface area contributed by atoms with Crippen molar-refractivity contribution in [2.24, 2.45) is 0 Å². The molecule has 0 spiro atoms. The number of amides is 1. The van der Waals surface area contributed by atoms with Crippen LogP contribution in [0.3, 0.4) is 0 Å². The number of hydrogen-bond donors (Lipinski definition) is 2. The van der Waals surface area contributed by atoms with Gasteiger partial charge in [-0.2, -0.15) is 0 Å². The van der Waals surface area contributed by atoms with Gasteiger partial charge in [0.1, 0.15) is 12.4 Å². The molecule has 0 bridgehead atoms. The second-order valence-electron chi connectivity index (χ2n) is 3.22. The van der Waals surface area contributed by atoms with E-state index in [1.807, 2.05) is 0 Å². The topological polar surface area (TPSA) is 75.6 Å². The molecule has 1 amide bonds. The Morgan fingerprint density at radius 3 is 2.71 bits per heavy atom. The molecule has 0 atom stereocenters. The molecule has 0 aliphatic rings. The van der Waals surface area contributed by atoms with E-state index in [9.17, 15) is 14.0 Å². The zero-order valence-corrected chi connectivity index (χ0v) is 8.98. The zero-order valence-electron chi connectivity index (χ0n) is 8.98. The molecule has 0 radical (unpaired) electrons. The highest BCUT2D eigenvalue weighted by Gasteiger charge is 2.06. The number of carbonyl (C=O) groups excluding carboxylic acids is 1. The molecule has 0 heterocycles. The minimum absolute atomic E-state index is 0.0212. The van der Waals surface area contributed by atoms with E-state index >= 15 is 0 Å². The average Bonchev–Trinajstić information content (AvgIpc) is 2.27. The monoisotopic (exact) mass is 241 g/mol. The lowest BCUT2D eigenvalue weighted by Gasteiger charge is -2.05. The lowest BCUT2D eigenvalue weighted by Crippen LogP contribution is -2.16. The van der Waals surface area contributed by atoms with Crippen LogP contribution in [-0.4, -0.2) is 30.2 Å². The van der Waals surface area contributed by atoms with Gasteiger partial charge in [0, 0.05) is 0 Å². The summed E-state index contributed by atoms with van der Waals surface area (Å²) in [5, 5.41) is 10.6. The molecule has 0 aromatic heterocycles. The van der Waals surface area contributed by atoms with Crippen molar-refractivity contribution in [1.82, 2.24) is 0 Å². The van der Waals surface area contributed by atoms with Gasteiger partial charge >= 0.3 is 5.97 Å². The maximum Gasteiger partial charge on any atom is 0.329 e. The predicted molar refractivity (Wildman–Crippen MR) is 58.1 cm³/mol. The molecule has 92 valence electrons. The number of benzene rings is 1. The summed E-state index contributed by atoms with van der Waals surface area (Å²) in [4.78, 5) is 21.4. The summed E-state index contributed by atoms with van der Waals surface area (Å²) in [6.45, 7) is -0.473. The molecular formula is C11H12FNO4. The Bertz CT molecular complexity index is 408. The summed E-state index contributed by atoms with van der Waals surface area (Å²) >= 11 is 0. The number of halogens is 1. The summed E-state index contributed by atoms with van der Waals surface area (Å²) in [5.74, 6) is -2.05. The second-order valence-corrected chi connectivity index (χ2v) is 3.22. The van der Waals surface area contributed by atoms with Crippen LogP contribution in [0.25, 0.3) is 0 Å². The van der Waals surface area contributed by atoms with Crippen molar-refractivity contribution in [3.63, 3.8) is 0 Å². The van der Waals surface area contributed by atoms with Crippen LogP contribution in [0, 0.1) is 5.82 Å². The number of carbonyl (C=O) groups is 2. The highest BCUT2D eigenvalue weighted by Crippen LogP contribution is 2.12. The molecular weight excluding hydrogens is 229 g/mol. The van der Waals surface area contributed by atoms with E-state index < -0.39 is 24.3 Å². The fourth-order valence-electron chi connectivity index (χ4n) is 1.10. The van der Waals surface area contributed by atoms with Crippen molar-refractivity contribution in [2.75, 3.05) is 18.5 Å². The first-order valence-electron chi connectivity index (χ1n) is 4.93. The Balaban J connectivity index is 2.30. The number of carboxylic acids is 1. The van der Waals surface area contributed by atoms with E-state index in [4.69, 9.17) is 5.11 Å². The van der Waals surface area contributed by atoms with Gasteiger partial charge in [-0.25, -0.2) is 9.18 Å². The van der Waals surface area contributed by atoms with Crippen LogP contribution in [0.4, 0.5) is 10.1 Å². The first-order valence-corrected chi connectivity index (χ1v) is 4.93. The Morgan fingerprint density at radius 2 is 2.06 bits per heavy atom. The summed E-state index contributed by atoms with van der Waals surface area (Å²) in [5.41, 5.74) is 0.0933. The maximum atomic E-state index is 13.1. The minimum Gasteiger partial charge on any atom is -0.480 e. The van der Waals surface area contributed by atoms with Crippen LogP contribution in [0.5, 0.6) is 0 Å². The predicted octanol–water partition coefficient (Wildman–Crippen LogP) is 1.26. The molecule has 1 rings (SSSR count). The number of rotatable bonds is 6. The van der Waals surface area contributed by atoms with Gasteiger partial charge in [-0.1, -0.05) is 12.1 Å². The quantitative estimate of drug-likeness (QED) is 0.735. The Labute approximate surface area is 97.2 Å². The van der Waals surface area contributed by atoms with Gasteiger partial charge in [-0.15, -0.1) is 0 Å². The molecule has 0 aliphatic carbocycles. The van der Waals surface area contributed by atoms with Crippen molar-refractivity contribution in [3.8, 4) is 0 Å². The van der Waals surface area contributed by atoms with Gasteiger partial charge < -0.3 is 15.2 Å². The highest BCUT2D eigenvalue weighted by atomic mass is 19.1. The second kappa shape index (κ2) is 6.59. The highest BCUT2D eigenvalue weighted by molar-refractivity contribution is 5.90. The number of aliphatic carboxylic acids is 1. The summed E-state index contributed by atoms with van der Waals surface area (Å²) < 4.78 is 17.8. The number of nitrogens with one attached hydrogen (secondary N) is 1. The molecule has 0 saturated carbocycles. The van der Waals surface area contributed by atoms with Crippen molar-refractivity contribution < 1.29 is 23.8 Å². The maximum absolute atomic E-state index is 13.1. The van der Waals surface area contributed by atoms with Crippen LogP contribution < -0.4 is 5.32 Å². The largest absolute Gasteiger partial charge is 0.480 e. The van der Waals surface area contributed by atoms with Crippen molar-refractivity contribution in [3.05, 3.63) is 30.1 Å². The van der Waals surface area contributed by atoms with E-state index in [1.54, 1.807) is 6.07 Å². The summed E-state index contributed by atoms with van der Waals surface area (Å²) in [6.07, 6.45) is -0.0262. The standard InChI is InChI=1S/C11H12FNO4/c12-8-3-1-2-4-9(8)13-10(14)5-6-17-7-11(15)16/h1-4H,5-7H2,(H,13,14)(H,15,16). The van der Waals surface area contributed by atoms with Gasteiger partial charge in [0.05, 0.1) is 18.7 Å². The third-order valence-electron chi connectivity index (χ3n) is 1.85. The van der Waals surface area contributed by atoms with Gasteiger partial charge in [-0.05, 0) is 12.1 Å². The van der Waals surface area contributed by atoms with E-state index in [-0.39, 0.29) is 18.7 Å². The smallest absolute Gasteiger partial charge is 0.329 e. The SMILES string of the molecule is O=C(O)COCCC(=O)Nc1ccccc1F. The molecule has 6 heteroatoms. The summed E-state index contributed by atoms with van der Waals surface area (Å²) in [7, 11) is 0. The minimum atomic E-state index is -1.10. The van der Waals surface area contributed by atoms with Crippen molar-refractivity contribution in [1.29, 1.82) is 0 Å². The molecule has 2 N–H and O–H groups in total. The number of carboxylic acid groups (broad SMARTS) is 1. The molecule has 5 nitrogen and oxygen atoms in total. The number of ether oxygens (including phenoxy) is 1. The van der Waals surface area contributed by atoms with Gasteiger partial charge in [0.25, 0.3) is 0 Å². The fraction of sp³-hybridized carbons (Fsp3) is 0.273. The Kier molecular flexibility index (Phi) is 5.09. The molecule has 0 fully saturated rings. The number of para-hydroxylation sites is 1. The lowest BCUT2D eigenvalue weighted by molar-refractivity contribution is -0.142. The van der Waals surface area contributed by atoms with Crippen LogP contribution in [0.15, 0.2) is 24.3 Å². The van der Waals surface area contributed by atoms with E-state index in [1.165, 1.54) is 18.2 Å². The van der Waals surface area contributed by atoms with Gasteiger partial charge in [-0.3, -0.25) is 4.79 Å². The molecule has 0 saturated heterocycles. The molecule has 0 unspecified atom stereocenters. The third kappa shape index (κ3) is 5.07. The van der Waals surface area contributed by atoms with Crippen molar-refractivity contribution >= 4 is 17.6 Å². The van der Waals surface area contributed by atoms with E-state index in [2.05, 4.69) is 10.1 Å². The van der Waals surface area contributed by atoms with Crippen LogP contribution in [-0.2, 0) is 14.3 Å². The number of hydrogen-bond acceptors (Lipinski definition) is 3. The van der Waals surface area contributed by atoms with Gasteiger partial charge in [0.15, 0.2) is 0 Å². The molecule has 1 aromatic rings. The Hall–Kier alpha value is -1.95. The van der Waals surface area contributed by atoms with Crippen LogP contribution in [0.1, 0.15) is 6.42 Å². The van der Waals surface area contributed by atoms with Gasteiger partial charge in [0.2, 0.25) is 5.91 Å². The van der Waals surface area contributed by atoms with Crippen LogP contribution >= 0.6 is 0 Å². The first-order chi connectivity index (χ1) is 8.09. The van der Waals surface area contributed by atoms with Crippen molar-refractivity contribution in [2.45, 2.75) is 6.42 Å². The summed E-state index contributed by atoms with van der Waals surface area (Å²) in [6, 6.07) is 5.78. The van der Waals surface area contributed by atoms with E-state index in [0.717, 1.165) is 0 Å². The molecule has 0 aliphatic heterocycles. The average molecular weight is 241 g/mol. The number of anilines is 1. The van der Waals surface area contributed by atoms with E-state index in [0.29, 0.717) is 0 Å². The molecule has 1 aromatic carbocycles. The Morgan fingerprint density at radius 1 is 1.35 bits per heavy atom. The third-order valence-corrected chi connectivity index (χ3v) is 1.85. The van der Waals surface area contributed by atoms with Crippen LogP contribution in [0.2, 0.25) is 0 Å². The lowest BCUT2D eigenvalue weighted by atomic mass is 10.3. The fourth-order valence-corrected chi connectivity index (χ4v) is 1.10.